The number of pyridine rings is 1. The van der Waals surface area contributed by atoms with E-state index in [9.17, 15) is 16.8 Å². The Morgan fingerprint density at radius 1 is 1.08 bits per heavy atom. The first-order valence-corrected chi connectivity index (χ1v) is 11.3. The summed E-state index contributed by atoms with van der Waals surface area (Å²) in [5.41, 5.74) is 2.61. The van der Waals surface area contributed by atoms with Gasteiger partial charge in [-0.1, -0.05) is 12.1 Å². The van der Waals surface area contributed by atoms with Gasteiger partial charge in [-0.05, 0) is 48.7 Å². The van der Waals surface area contributed by atoms with Gasteiger partial charge in [-0.3, -0.25) is 4.98 Å². The molecule has 7 nitrogen and oxygen atoms in total. The minimum absolute atomic E-state index is 0.0252. The normalized spacial score (nSPS) is 12.5. The largest absolute Gasteiger partial charge is 0.264 e. The van der Waals surface area contributed by atoms with Gasteiger partial charge in [0.25, 0.3) is 0 Å². The molecule has 0 aliphatic heterocycles. The summed E-state index contributed by atoms with van der Waals surface area (Å²) in [6.45, 7) is 3.88. The van der Waals surface area contributed by atoms with Crippen LogP contribution in [0.4, 0.5) is 0 Å². The van der Waals surface area contributed by atoms with Gasteiger partial charge in [0.2, 0.25) is 20.0 Å². The Bertz CT molecular complexity index is 959. The Hall–Kier alpha value is -1.81. The molecule has 0 spiro atoms. The summed E-state index contributed by atoms with van der Waals surface area (Å²) in [5.74, 6) is 0. The van der Waals surface area contributed by atoms with Crippen molar-refractivity contribution in [2.45, 2.75) is 25.3 Å². The van der Waals surface area contributed by atoms with Crippen LogP contribution in [0.25, 0.3) is 0 Å². The van der Waals surface area contributed by atoms with Crippen LogP contribution in [-0.2, 0) is 26.6 Å². The van der Waals surface area contributed by atoms with Crippen molar-refractivity contribution in [3.63, 3.8) is 0 Å². The van der Waals surface area contributed by atoms with Gasteiger partial charge in [-0.15, -0.1) is 0 Å². The van der Waals surface area contributed by atoms with Gasteiger partial charge < -0.3 is 0 Å². The predicted molar refractivity (Wildman–Crippen MR) is 101 cm³/mol. The molecular formula is C17H23N3O4S2. The van der Waals surface area contributed by atoms with E-state index >= 15 is 0 Å². The molecule has 0 saturated carbocycles. The second kappa shape index (κ2) is 8.26. The molecule has 0 atom stereocenters. The monoisotopic (exact) mass is 397 g/mol. The highest BCUT2D eigenvalue weighted by atomic mass is 32.2. The zero-order chi connectivity index (χ0) is 19.4. The molecule has 2 rings (SSSR count). The second-order valence-corrected chi connectivity index (χ2v) is 9.85. The van der Waals surface area contributed by atoms with Crippen LogP contribution in [0.5, 0.6) is 0 Å². The van der Waals surface area contributed by atoms with Crippen molar-refractivity contribution in [3.05, 3.63) is 59.4 Å². The van der Waals surface area contributed by atoms with Crippen molar-refractivity contribution >= 4 is 20.0 Å². The van der Waals surface area contributed by atoms with Crippen LogP contribution in [0.3, 0.4) is 0 Å². The van der Waals surface area contributed by atoms with Crippen LogP contribution < -0.4 is 4.72 Å². The van der Waals surface area contributed by atoms with Gasteiger partial charge in [-0.25, -0.2) is 21.6 Å². The molecule has 0 saturated heterocycles. The third-order valence-corrected chi connectivity index (χ3v) is 6.70. The summed E-state index contributed by atoms with van der Waals surface area (Å²) in [6.07, 6.45) is 4.28. The molecule has 0 fully saturated rings. The molecule has 9 heteroatoms. The lowest BCUT2D eigenvalue weighted by molar-refractivity contribution is 0.412. The number of nitrogens with one attached hydrogen (secondary N) is 1. The average molecular weight is 398 g/mol. The fourth-order valence-electron chi connectivity index (χ4n) is 2.33. The van der Waals surface area contributed by atoms with E-state index in [0.717, 1.165) is 22.9 Å². The van der Waals surface area contributed by atoms with Gasteiger partial charge in [0.15, 0.2) is 0 Å². The number of aryl methyl sites for hydroxylation is 2. The maximum atomic E-state index is 12.4. The molecule has 1 aromatic carbocycles. The van der Waals surface area contributed by atoms with Crippen LogP contribution >= 0.6 is 0 Å². The summed E-state index contributed by atoms with van der Waals surface area (Å²) >= 11 is 0. The number of nitrogens with zero attached hydrogens (tertiary/aromatic N) is 2. The van der Waals surface area contributed by atoms with Crippen LogP contribution in [0.15, 0.2) is 47.6 Å². The van der Waals surface area contributed by atoms with Crippen molar-refractivity contribution in [3.8, 4) is 0 Å². The Morgan fingerprint density at radius 2 is 1.81 bits per heavy atom. The number of hydrogen-bond acceptors (Lipinski definition) is 5. The molecule has 1 N–H and O–H groups in total. The van der Waals surface area contributed by atoms with E-state index in [1.807, 2.05) is 13.8 Å². The van der Waals surface area contributed by atoms with Gasteiger partial charge in [0.05, 0.1) is 11.2 Å². The van der Waals surface area contributed by atoms with Gasteiger partial charge in [0.1, 0.15) is 0 Å². The first kappa shape index (κ1) is 20.5. The predicted octanol–water partition coefficient (Wildman–Crippen LogP) is 1.44. The highest BCUT2D eigenvalue weighted by molar-refractivity contribution is 7.89. The minimum Gasteiger partial charge on any atom is -0.264 e. The molecule has 0 bridgehead atoms. The molecule has 1 aromatic heterocycles. The van der Waals surface area contributed by atoms with Crippen LogP contribution in [0.1, 0.15) is 16.7 Å². The standard InChI is InChI=1S/C17H23N3O4S2/c1-14-6-7-17(11-15(14)2)26(23,24)19-9-10-20(25(3,21)22)13-16-5-4-8-18-12-16/h4-8,11-12,19H,9-10,13H2,1-3H3. The van der Waals surface area contributed by atoms with Crippen molar-refractivity contribution in [2.75, 3.05) is 19.3 Å². The zero-order valence-corrected chi connectivity index (χ0v) is 16.6. The minimum atomic E-state index is -3.70. The third-order valence-electron chi connectivity index (χ3n) is 3.99. The van der Waals surface area contributed by atoms with E-state index in [1.54, 1.807) is 36.7 Å². The third kappa shape index (κ3) is 5.60. The van der Waals surface area contributed by atoms with Crippen LogP contribution in [0, 0.1) is 13.8 Å². The lowest BCUT2D eigenvalue weighted by atomic mass is 10.1. The second-order valence-electron chi connectivity index (χ2n) is 6.10. The first-order valence-electron chi connectivity index (χ1n) is 8.00. The topological polar surface area (TPSA) is 96.4 Å². The summed E-state index contributed by atoms with van der Waals surface area (Å²) in [7, 11) is -7.18. The zero-order valence-electron chi connectivity index (χ0n) is 15.0. The molecule has 0 aliphatic rings. The lowest BCUT2D eigenvalue weighted by Gasteiger charge is -2.20. The fraction of sp³-hybridized carbons (Fsp3) is 0.353. The average Bonchev–Trinajstić information content (AvgIpc) is 2.56. The van der Waals surface area contributed by atoms with Gasteiger partial charge in [-0.2, -0.15) is 4.31 Å². The molecule has 1 heterocycles. The highest BCUT2D eigenvalue weighted by Gasteiger charge is 2.19. The quantitative estimate of drug-likeness (QED) is 0.727. The Balaban J connectivity index is 2.05. The van der Waals surface area contributed by atoms with Gasteiger partial charge in [0, 0.05) is 32.0 Å². The van der Waals surface area contributed by atoms with Crippen molar-refractivity contribution in [2.24, 2.45) is 0 Å². The van der Waals surface area contributed by atoms with Crippen LogP contribution in [0.2, 0.25) is 0 Å². The molecule has 0 unspecified atom stereocenters. The summed E-state index contributed by atoms with van der Waals surface area (Å²) in [6, 6.07) is 8.37. The molecule has 142 valence electrons. The maximum absolute atomic E-state index is 12.4. The van der Waals surface area contributed by atoms with E-state index in [1.165, 1.54) is 10.4 Å². The van der Waals surface area contributed by atoms with Gasteiger partial charge >= 0.3 is 0 Å². The number of benzene rings is 1. The molecule has 0 amide bonds. The molecule has 2 aromatic rings. The Kier molecular flexibility index (Phi) is 6.51. The lowest BCUT2D eigenvalue weighted by Crippen LogP contribution is -2.37. The van der Waals surface area contributed by atoms with Crippen molar-refractivity contribution in [1.82, 2.24) is 14.0 Å². The summed E-state index contributed by atoms with van der Waals surface area (Å²) in [4.78, 5) is 4.13. The Morgan fingerprint density at radius 3 is 2.38 bits per heavy atom. The van der Waals surface area contributed by atoms with Crippen LogP contribution in [-0.4, -0.2) is 45.5 Å². The Labute approximate surface area is 155 Å². The summed E-state index contributed by atoms with van der Waals surface area (Å²) < 4.78 is 52.4. The first-order chi connectivity index (χ1) is 12.1. The highest BCUT2D eigenvalue weighted by Crippen LogP contribution is 2.14. The maximum Gasteiger partial charge on any atom is 0.240 e. The fourth-order valence-corrected chi connectivity index (χ4v) is 4.24. The SMILES string of the molecule is Cc1ccc(S(=O)(=O)NCCN(Cc2cccnc2)S(C)(=O)=O)cc1C. The number of hydrogen-bond donors (Lipinski definition) is 1. The van der Waals surface area contributed by atoms with Crippen molar-refractivity contribution in [1.29, 1.82) is 0 Å². The number of sulfonamides is 2. The smallest absolute Gasteiger partial charge is 0.240 e. The number of aromatic nitrogens is 1. The summed E-state index contributed by atoms with van der Waals surface area (Å²) in [5, 5.41) is 0. The van der Waals surface area contributed by atoms with E-state index in [2.05, 4.69) is 9.71 Å². The van der Waals surface area contributed by atoms with E-state index < -0.39 is 20.0 Å². The number of rotatable bonds is 8. The molecule has 26 heavy (non-hydrogen) atoms. The molecule has 0 aliphatic carbocycles. The van der Waals surface area contributed by atoms with Crippen molar-refractivity contribution < 1.29 is 16.8 Å². The molecule has 0 radical (unpaired) electrons. The van der Waals surface area contributed by atoms with E-state index in [4.69, 9.17) is 0 Å². The van der Waals surface area contributed by atoms with E-state index in [0.29, 0.717) is 0 Å². The molecular weight excluding hydrogens is 374 g/mol. The van der Waals surface area contributed by atoms with E-state index in [-0.39, 0.29) is 24.5 Å².